The molecule has 0 saturated carbocycles. The van der Waals surface area contributed by atoms with E-state index in [1.807, 2.05) is 0 Å². The van der Waals surface area contributed by atoms with E-state index >= 15 is 0 Å². The van der Waals surface area contributed by atoms with E-state index in [1.165, 1.54) is 47.0 Å². The van der Waals surface area contributed by atoms with E-state index in [4.69, 9.17) is 0 Å². The molecule has 0 saturated heterocycles. The highest BCUT2D eigenvalue weighted by molar-refractivity contribution is 6.09. The smallest absolute Gasteiger partial charge is 0.331 e. The Hall–Kier alpha value is -4.91. The molecular weight excluding hydrogens is 612 g/mol. The Balaban J connectivity index is 1.46. The lowest BCUT2D eigenvalue weighted by Gasteiger charge is -2.21. The van der Waals surface area contributed by atoms with Gasteiger partial charge in [-0.1, -0.05) is 12.1 Å². The number of nitrogens with zero attached hydrogens (tertiary/aromatic N) is 3. The van der Waals surface area contributed by atoms with E-state index in [9.17, 15) is 35.9 Å². The highest BCUT2D eigenvalue weighted by Gasteiger charge is 2.35. The van der Waals surface area contributed by atoms with Crippen LogP contribution < -0.4 is 10.6 Å². The van der Waals surface area contributed by atoms with E-state index in [0.717, 1.165) is 24.3 Å². The zero-order chi connectivity index (χ0) is 33.6. The van der Waals surface area contributed by atoms with Crippen LogP contribution in [0.15, 0.2) is 66.9 Å². The number of alkyl halides is 4. The number of imidazole rings is 1. The van der Waals surface area contributed by atoms with E-state index in [0.29, 0.717) is 16.9 Å². The van der Waals surface area contributed by atoms with Crippen molar-refractivity contribution in [3.8, 4) is 11.1 Å². The molecule has 3 heterocycles. The van der Waals surface area contributed by atoms with Crippen LogP contribution in [0.3, 0.4) is 0 Å². The number of anilines is 1. The molecule has 5 aromatic rings. The minimum absolute atomic E-state index is 0.0533. The van der Waals surface area contributed by atoms with Gasteiger partial charge in [0.25, 0.3) is 0 Å². The molecule has 0 fully saturated rings. The van der Waals surface area contributed by atoms with Crippen molar-refractivity contribution < 1.29 is 35.9 Å². The van der Waals surface area contributed by atoms with Crippen molar-refractivity contribution in [2.75, 3.05) is 18.5 Å². The van der Waals surface area contributed by atoms with Crippen LogP contribution >= 0.6 is 0 Å². The first-order valence-corrected chi connectivity index (χ1v) is 14.1. The first-order valence-electron chi connectivity index (χ1n) is 14.1. The number of benzene rings is 2. The molecule has 0 aliphatic carbocycles. The molecule has 7 nitrogen and oxygen atoms in total. The Bertz CT molecular complexity index is 2000. The predicted molar refractivity (Wildman–Crippen MR) is 162 cm³/mol. The molecule has 0 unspecified atom stereocenters. The summed E-state index contributed by atoms with van der Waals surface area (Å²) in [5, 5.41) is 4.93. The maximum absolute atomic E-state index is 15.0. The van der Waals surface area contributed by atoms with Crippen LogP contribution in [0.4, 0.5) is 32.0 Å². The van der Waals surface area contributed by atoms with Crippen LogP contribution in [-0.4, -0.2) is 44.4 Å². The van der Waals surface area contributed by atoms with Crippen LogP contribution in [0.2, 0.25) is 0 Å². The molecule has 2 aromatic carbocycles. The van der Waals surface area contributed by atoms with Gasteiger partial charge in [0, 0.05) is 42.5 Å². The van der Waals surface area contributed by atoms with Crippen molar-refractivity contribution in [2.45, 2.75) is 32.5 Å². The van der Waals surface area contributed by atoms with Gasteiger partial charge in [-0.15, -0.1) is 0 Å². The maximum Gasteiger partial charge on any atom is 0.417 e. The fraction of sp³-hybridized carbons (Fsp3) is 0.242. The van der Waals surface area contributed by atoms with Crippen LogP contribution in [-0.2, 0) is 18.0 Å². The zero-order valence-corrected chi connectivity index (χ0v) is 25.2. The van der Waals surface area contributed by atoms with Crippen LogP contribution in [0, 0.1) is 18.6 Å². The Kier molecular flexibility index (Phi) is 8.56. The topological polar surface area (TPSA) is 80.4 Å². The molecule has 13 heteroatoms. The van der Waals surface area contributed by atoms with Crippen LogP contribution in [0.5, 0.6) is 0 Å². The summed E-state index contributed by atoms with van der Waals surface area (Å²) in [6.07, 6.45) is -0.856. The van der Waals surface area contributed by atoms with Gasteiger partial charge in [0.15, 0.2) is 0 Å². The van der Waals surface area contributed by atoms with Crippen molar-refractivity contribution in [3.05, 3.63) is 101 Å². The monoisotopic (exact) mass is 641 g/mol. The normalized spacial score (nSPS) is 12.5. The zero-order valence-electron chi connectivity index (χ0n) is 25.2. The standard InChI is InChI=1S/C33H29F6N5O2/c1-18-41-25-15-21(22(33(37,38)39)16-28(25)43(18)4)20-7-6-12-44-26(20)9-10-27(44)31(46)19-13-23(35)30(24(36)14-19)42-29(45)8-5-11-40-32(2,3)17-34/h5-10,12-16,40H,11,17H2,1-4H3,(H,42,45)/b8-5+. The van der Waals surface area contributed by atoms with Gasteiger partial charge in [0.05, 0.1) is 27.8 Å². The van der Waals surface area contributed by atoms with Crippen molar-refractivity contribution in [3.63, 3.8) is 0 Å². The molecule has 240 valence electrons. The first kappa shape index (κ1) is 32.5. The summed E-state index contributed by atoms with van der Waals surface area (Å²) in [6, 6.07) is 9.67. The van der Waals surface area contributed by atoms with Gasteiger partial charge in [-0.3, -0.25) is 9.59 Å². The summed E-state index contributed by atoms with van der Waals surface area (Å²) in [7, 11) is 1.62. The maximum atomic E-state index is 15.0. The molecule has 1 amide bonds. The molecule has 0 bridgehead atoms. The van der Waals surface area contributed by atoms with Gasteiger partial charge in [0.2, 0.25) is 11.7 Å². The number of carbonyl (C=O) groups excluding carboxylic acids is 2. The molecule has 2 N–H and O–H groups in total. The average Bonchev–Trinajstić information content (AvgIpc) is 3.55. The highest BCUT2D eigenvalue weighted by atomic mass is 19.4. The van der Waals surface area contributed by atoms with Gasteiger partial charge in [-0.25, -0.2) is 18.2 Å². The Morgan fingerprint density at radius 3 is 2.33 bits per heavy atom. The number of ketones is 1. The minimum atomic E-state index is -4.70. The summed E-state index contributed by atoms with van der Waals surface area (Å²) in [4.78, 5) is 30.0. The molecule has 0 spiro atoms. The number of hydrogen-bond donors (Lipinski definition) is 2. The van der Waals surface area contributed by atoms with Crippen molar-refractivity contribution >= 4 is 33.9 Å². The summed E-state index contributed by atoms with van der Waals surface area (Å²) in [5.74, 6) is -3.54. The second-order valence-corrected chi connectivity index (χ2v) is 11.4. The SMILES string of the molecule is Cc1nc2cc(-c3cccn4c(C(=O)c5cc(F)c(NC(=O)/C=C/CNC(C)(C)CF)c(F)c5)ccc34)c(C(F)(F)F)cc2n1C. The van der Waals surface area contributed by atoms with Gasteiger partial charge in [0.1, 0.15) is 29.8 Å². The minimum Gasteiger partial charge on any atom is -0.331 e. The Morgan fingerprint density at radius 2 is 1.67 bits per heavy atom. The number of rotatable bonds is 9. The number of carbonyl (C=O) groups is 2. The third-order valence-electron chi connectivity index (χ3n) is 7.62. The number of fused-ring (bicyclic) bond motifs is 2. The number of aryl methyl sites for hydroxylation is 2. The second kappa shape index (κ2) is 12.1. The number of amides is 1. The Morgan fingerprint density at radius 1 is 0.978 bits per heavy atom. The summed E-state index contributed by atoms with van der Waals surface area (Å²) >= 11 is 0. The molecule has 0 radical (unpaired) electrons. The van der Waals surface area contributed by atoms with Gasteiger partial charge in [-0.2, -0.15) is 13.2 Å². The fourth-order valence-electron chi connectivity index (χ4n) is 5.05. The lowest BCUT2D eigenvalue weighted by molar-refractivity contribution is -0.137. The van der Waals surface area contributed by atoms with Gasteiger partial charge < -0.3 is 19.6 Å². The molecule has 0 atom stereocenters. The van der Waals surface area contributed by atoms with Crippen molar-refractivity contribution in [1.29, 1.82) is 0 Å². The lowest BCUT2D eigenvalue weighted by Crippen LogP contribution is -2.41. The number of hydrogen-bond acceptors (Lipinski definition) is 4. The van der Waals surface area contributed by atoms with E-state index < -0.39 is 53.0 Å². The van der Waals surface area contributed by atoms with E-state index in [-0.39, 0.29) is 34.4 Å². The fourth-order valence-corrected chi connectivity index (χ4v) is 5.05. The third-order valence-corrected chi connectivity index (χ3v) is 7.62. The van der Waals surface area contributed by atoms with E-state index in [1.54, 1.807) is 32.4 Å². The molecule has 46 heavy (non-hydrogen) atoms. The number of aromatic nitrogens is 3. The van der Waals surface area contributed by atoms with Gasteiger partial charge >= 0.3 is 6.18 Å². The van der Waals surface area contributed by atoms with E-state index in [2.05, 4.69) is 15.6 Å². The summed E-state index contributed by atoms with van der Waals surface area (Å²) in [6.45, 7) is 4.41. The molecule has 3 aromatic heterocycles. The number of halogens is 6. The molecular formula is C33H29F6N5O2. The summed E-state index contributed by atoms with van der Waals surface area (Å²) in [5.41, 5.74) is -1.96. The second-order valence-electron chi connectivity index (χ2n) is 11.4. The first-order chi connectivity index (χ1) is 21.6. The Labute approximate surface area is 259 Å². The molecule has 5 rings (SSSR count). The quantitative estimate of drug-likeness (QED) is 0.102. The molecule has 0 aliphatic heterocycles. The van der Waals surface area contributed by atoms with Crippen LogP contribution in [0.25, 0.3) is 27.7 Å². The average molecular weight is 642 g/mol. The highest BCUT2D eigenvalue weighted by Crippen LogP contribution is 2.41. The molecule has 0 aliphatic rings. The predicted octanol–water partition coefficient (Wildman–Crippen LogP) is 7.16. The lowest BCUT2D eigenvalue weighted by atomic mass is 9.98. The largest absolute Gasteiger partial charge is 0.417 e. The third kappa shape index (κ3) is 6.27. The van der Waals surface area contributed by atoms with Crippen molar-refractivity contribution in [2.24, 2.45) is 7.05 Å². The van der Waals surface area contributed by atoms with Crippen molar-refractivity contribution in [1.82, 2.24) is 19.3 Å². The summed E-state index contributed by atoms with van der Waals surface area (Å²) < 4.78 is 88.5. The van der Waals surface area contributed by atoms with Gasteiger partial charge in [-0.05, 0) is 68.8 Å². The number of pyridine rings is 1. The number of nitrogens with one attached hydrogen (secondary N) is 2. The van der Waals surface area contributed by atoms with Crippen LogP contribution in [0.1, 0.15) is 41.3 Å².